The van der Waals surface area contributed by atoms with Crippen LogP contribution < -0.4 is 5.32 Å². The number of ether oxygens (including phenoxy) is 1. The van der Waals surface area contributed by atoms with Gasteiger partial charge in [-0.2, -0.15) is 0 Å². The Morgan fingerprint density at radius 2 is 1.86 bits per heavy atom. The van der Waals surface area contributed by atoms with Gasteiger partial charge in [-0.1, -0.05) is 32.1 Å². The third-order valence-electron chi connectivity index (χ3n) is 5.12. The molecule has 1 atom stereocenters. The van der Waals surface area contributed by atoms with E-state index in [9.17, 15) is 9.59 Å². The van der Waals surface area contributed by atoms with Gasteiger partial charge in [0.2, 0.25) is 0 Å². The van der Waals surface area contributed by atoms with Crippen LogP contribution in [-0.4, -0.2) is 59.7 Å². The molecule has 3 amide bonds. The van der Waals surface area contributed by atoms with Crippen molar-refractivity contribution in [3.8, 4) is 0 Å². The molecular weight excluding hydrogens is 282 g/mol. The summed E-state index contributed by atoms with van der Waals surface area (Å²) < 4.78 is 5.52. The van der Waals surface area contributed by atoms with Crippen molar-refractivity contribution < 1.29 is 14.3 Å². The number of carbonyl (C=O) groups excluding carboxylic acids is 2. The standard InChI is InChI=1S/C16H27N3O3/c1-13-11-18(9-10-22-13)12-19-14(20)16(17-15(19)21)7-5-3-2-4-6-8-16/h13H,2-12H2,1H3,(H,17,21). The molecule has 2 aliphatic heterocycles. The average molecular weight is 309 g/mol. The average Bonchev–Trinajstić information content (AvgIpc) is 2.69. The van der Waals surface area contributed by atoms with Crippen LogP contribution in [0.25, 0.3) is 0 Å². The highest BCUT2D eigenvalue weighted by Crippen LogP contribution is 2.32. The maximum atomic E-state index is 12.9. The van der Waals surface area contributed by atoms with Crippen molar-refractivity contribution in [1.82, 2.24) is 15.1 Å². The number of carbonyl (C=O) groups is 2. The first-order valence-electron chi connectivity index (χ1n) is 8.59. The molecule has 124 valence electrons. The largest absolute Gasteiger partial charge is 0.376 e. The summed E-state index contributed by atoms with van der Waals surface area (Å²) in [7, 11) is 0. The van der Waals surface area contributed by atoms with E-state index in [1.54, 1.807) is 0 Å². The molecule has 3 rings (SSSR count). The molecule has 3 fully saturated rings. The van der Waals surface area contributed by atoms with Gasteiger partial charge in [-0.05, 0) is 19.8 Å². The Morgan fingerprint density at radius 3 is 2.55 bits per heavy atom. The van der Waals surface area contributed by atoms with E-state index in [2.05, 4.69) is 10.2 Å². The number of imide groups is 1. The summed E-state index contributed by atoms with van der Waals surface area (Å²) in [5.41, 5.74) is -0.630. The number of morpholine rings is 1. The molecule has 1 N–H and O–H groups in total. The minimum absolute atomic E-state index is 0.0152. The fraction of sp³-hybridized carbons (Fsp3) is 0.875. The van der Waals surface area contributed by atoms with Gasteiger partial charge in [-0.25, -0.2) is 9.69 Å². The molecule has 0 bridgehead atoms. The summed E-state index contributed by atoms with van der Waals surface area (Å²) in [5, 5.41) is 3.02. The lowest BCUT2D eigenvalue weighted by atomic mass is 9.84. The SMILES string of the molecule is CC1CN(CN2C(=O)NC3(CCCCCCC3)C2=O)CCO1. The molecule has 0 aromatic heterocycles. The Balaban J connectivity index is 1.67. The highest BCUT2D eigenvalue weighted by Gasteiger charge is 2.50. The van der Waals surface area contributed by atoms with Crippen LogP contribution in [0.5, 0.6) is 0 Å². The molecule has 2 saturated heterocycles. The Hall–Kier alpha value is -1.14. The summed E-state index contributed by atoms with van der Waals surface area (Å²) in [6.45, 7) is 4.61. The van der Waals surface area contributed by atoms with Crippen LogP contribution >= 0.6 is 0 Å². The molecule has 1 unspecified atom stereocenters. The van der Waals surface area contributed by atoms with Gasteiger partial charge in [0.05, 0.1) is 19.4 Å². The third kappa shape index (κ3) is 3.13. The summed E-state index contributed by atoms with van der Waals surface area (Å²) >= 11 is 0. The van der Waals surface area contributed by atoms with Gasteiger partial charge in [0.15, 0.2) is 0 Å². The fourth-order valence-electron chi connectivity index (χ4n) is 3.87. The third-order valence-corrected chi connectivity index (χ3v) is 5.12. The molecule has 2 heterocycles. The molecule has 1 aliphatic carbocycles. The monoisotopic (exact) mass is 309 g/mol. The van der Waals surface area contributed by atoms with Crippen LogP contribution in [0.3, 0.4) is 0 Å². The number of rotatable bonds is 2. The van der Waals surface area contributed by atoms with E-state index in [1.165, 1.54) is 11.3 Å². The van der Waals surface area contributed by atoms with E-state index in [1.807, 2.05) is 6.92 Å². The van der Waals surface area contributed by atoms with Gasteiger partial charge < -0.3 is 10.1 Å². The zero-order valence-electron chi connectivity index (χ0n) is 13.5. The molecule has 6 heteroatoms. The number of hydrogen-bond acceptors (Lipinski definition) is 4. The zero-order chi connectivity index (χ0) is 15.6. The zero-order valence-corrected chi connectivity index (χ0v) is 13.5. The molecule has 1 saturated carbocycles. The minimum atomic E-state index is -0.630. The van der Waals surface area contributed by atoms with Gasteiger partial charge in [-0.15, -0.1) is 0 Å². The number of nitrogens with zero attached hydrogens (tertiary/aromatic N) is 2. The van der Waals surface area contributed by atoms with Gasteiger partial charge in [-0.3, -0.25) is 9.69 Å². The first-order valence-corrected chi connectivity index (χ1v) is 8.59. The molecule has 0 radical (unpaired) electrons. The van der Waals surface area contributed by atoms with Crippen molar-refractivity contribution in [1.29, 1.82) is 0 Å². The lowest BCUT2D eigenvalue weighted by Gasteiger charge is -2.33. The number of urea groups is 1. The maximum Gasteiger partial charge on any atom is 0.326 e. The van der Waals surface area contributed by atoms with Crippen LogP contribution in [0, 0.1) is 0 Å². The van der Waals surface area contributed by atoms with Gasteiger partial charge in [0, 0.05) is 13.1 Å². The van der Waals surface area contributed by atoms with E-state index in [0.29, 0.717) is 13.3 Å². The van der Waals surface area contributed by atoms with Crippen molar-refractivity contribution in [3.63, 3.8) is 0 Å². The van der Waals surface area contributed by atoms with Crippen molar-refractivity contribution in [2.75, 3.05) is 26.4 Å². The summed E-state index contributed by atoms with van der Waals surface area (Å²) in [6.07, 6.45) is 7.33. The minimum Gasteiger partial charge on any atom is -0.376 e. The summed E-state index contributed by atoms with van der Waals surface area (Å²) in [5.74, 6) is -0.0152. The predicted molar refractivity (Wildman–Crippen MR) is 82.3 cm³/mol. The van der Waals surface area contributed by atoms with Crippen molar-refractivity contribution in [2.24, 2.45) is 0 Å². The van der Waals surface area contributed by atoms with Crippen LogP contribution in [0.15, 0.2) is 0 Å². The Labute approximate surface area is 132 Å². The predicted octanol–water partition coefficient (Wildman–Crippen LogP) is 1.70. The van der Waals surface area contributed by atoms with Crippen LogP contribution in [0.1, 0.15) is 51.9 Å². The fourth-order valence-corrected chi connectivity index (χ4v) is 3.87. The second-order valence-corrected chi connectivity index (χ2v) is 6.91. The molecule has 22 heavy (non-hydrogen) atoms. The Bertz CT molecular complexity index is 432. The van der Waals surface area contributed by atoms with E-state index in [-0.39, 0.29) is 18.0 Å². The molecule has 6 nitrogen and oxygen atoms in total. The second-order valence-electron chi connectivity index (χ2n) is 6.91. The molecular formula is C16H27N3O3. The van der Waals surface area contributed by atoms with E-state index >= 15 is 0 Å². The van der Waals surface area contributed by atoms with E-state index < -0.39 is 5.54 Å². The van der Waals surface area contributed by atoms with E-state index in [0.717, 1.165) is 51.6 Å². The summed E-state index contributed by atoms with van der Waals surface area (Å²) in [6, 6.07) is -0.218. The van der Waals surface area contributed by atoms with Crippen LogP contribution in [-0.2, 0) is 9.53 Å². The lowest BCUT2D eigenvalue weighted by molar-refractivity contribution is -0.134. The summed E-state index contributed by atoms with van der Waals surface area (Å²) in [4.78, 5) is 28.8. The van der Waals surface area contributed by atoms with Gasteiger partial charge >= 0.3 is 6.03 Å². The van der Waals surface area contributed by atoms with Gasteiger partial charge in [0.25, 0.3) is 5.91 Å². The normalized spacial score (nSPS) is 30.2. The Kier molecular flexibility index (Phi) is 4.68. The van der Waals surface area contributed by atoms with Crippen molar-refractivity contribution >= 4 is 11.9 Å². The maximum absolute atomic E-state index is 12.9. The van der Waals surface area contributed by atoms with Crippen LogP contribution in [0.2, 0.25) is 0 Å². The molecule has 3 aliphatic rings. The van der Waals surface area contributed by atoms with Gasteiger partial charge in [0.1, 0.15) is 5.54 Å². The lowest BCUT2D eigenvalue weighted by Crippen LogP contribution is -2.50. The number of amides is 3. The first kappa shape index (κ1) is 15.7. The molecule has 0 aromatic rings. The Morgan fingerprint density at radius 1 is 1.18 bits per heavy atom. The van der Waals surface area contributed by atoms with Crippen LogP contribution in [0.4, 0.5) is 4.79 Å². The number of nitrogens with one attached hydrogen (secondary N) is 1. The van der Waals surface area contributed by atoms with E-state index in [4.69, 9.17) is 4.74 Å². The topological polar surface area (TPSA) is 61.9 Å². The second kappa shape index (κ2) is 6.54. The number of hydrogen-bond donors (Lipinski definition) is 1. The van der Waals surface area contributed by atoms with Crippen molar-refractivity contribution in [2.45, 2.75) is 63.5 Å². The quantitative estimate of drug-likeness (QED) is 0.789. The highest BCUT2D eigenvalue weighted by molar-refractivity contribution is 6.07. The van der Waals surface area contributed by atoms with Crippen molar-refractivity contribution in [3.05, 3.63) is 0 Å². The molecule has 0 aromatic carbocycles. The molecule has 1 spiro atoms. The highest BCUT2D eigenvalue weighted by atomic mass is 16.5. The first-order chi connectivity index (χ1) is 10.6. The smallest absolute Gasteiger partial charge is 0.326 e.